The summed E-state index contributed by atoms with van der Waals surface area (Å²) in [5.74, 6) is 0.649. The molecule has 4 aromatic rings. The second kappa shape index (κ2) is 9.41. The van der Waals surface area contributed by atoms with Crippen LogP contribution in [0.5, 0.6) is 0 Å². The smallest absolute Gasteiger partial charge is 0.335 e. The molecule has 1 atom stereocenters. The molecule has 0 fully saturated rings. The minimum absolute atomic E-state index is 0.206. The van der Waals surface area contributed by atoms with Crippen LogP contribution in [0.3, 0.4) is 0 Å². The fourth-order valence-corrected chi connectivity index (χ4v) is 4.61. The van der Waals surface area contributed by atoms with Crippen LogP contribution in [0.25, 0.3) is 10.8 Å². The molecule has 1 aromatic heterocycles. The average molecular weight is 439 g/mol. The highest BCUT2D eigenvalue weighted by atomic mass is 16.7. The van der Waals surface area contributed by atoms with Gasteiger partial charge in [-0.15, -0.1) is 0 Å². The van der Waals surface area contributed by atoms with Gasteiger partial charge in [0.1, 0.15) is 0 Å². The fourth-order valence-electron chi connectivity index (χ4n) is 4.61. The molecule has 5 nitrogen and oxygen atoms in total. The van der Waals surface area contributed by atoms with Crippen LogP contribution in [0.4, 0.5) is 0 Å². The molecule has 0 spiro atoms. The van der Waals surface area contributed by atoms with Crippen molar-refractivity contribution in [2.75, 3.05) is 0 Å². The molecular weight excluding hydrogens is 412 g/mol. The third kappa shape index (κ3) is 4.44. The van der Waals surface area contributed by atoms with Gasteiger partial charge in [-0.25, -0.2) is 4.79 Å². The molecule has 3 aromatic carbocycles. The Morgan fingerprint density at radius 3 is 2.67 bits per heavy atom. The van der Waals surface area contributed by atoms with Crippen molar-refractivity contribution in [3.63, 3.8) is 0 Å². The topological polar surface area (TPSA) is 64.7 Å². The van der Waals surface area contributed by atoms with Gasteiger partial charge in [0, 0.05) is 25.7 Å². The normalized spacial score (nSPS) is 16.6. The molecule has 5 heteroatoms. The van der Waals surface area contributed by atoms with Crippen LogP contribution in [0, 0.1) is 0 Å². The van der Waals surface area contributed by atoms with E-state index in [9.17, 15) is 4.79 Å². The molecule has 0 radical (unpaired) electrons. The van der Waals surface area contributed by atoms with E-state index in [2.05, 4.69) is 52.8 Å². The first-order chi connectivity index (χ1) is 16.2. The molecule has 0 N–H and O–H groups in total. The molecule has 33 heavy (non-hydrogen) atoms. The summed E-state index contributed by atoms with van der Waals surface area (Å²) in [4.78, 5) is 17.3. The number of oxime groups is 1. The molecule has 1 aliphatic carbocycles. The van der Waals surface area contributed by atoms with Crippen molar-refractivity contribution < 1.29 is 14.2 Å². The van der Waals surface area contributed by atoms with E-state index in [1.54, 1.807) is 0 Å². The quantitative estimate of drug-likeness (QED) is 0.266. The Hall–Kier alpha value is -3.73. The van der Waals surface area contributed by atoms with E-state index >= 15 is 0 Å². The van der Waals surface area contributed by atoms with Gasteiger partial charge in [0.2, 0.25) is 0 Å². The van der Waals surface area contributed by atoms with Gasteiger partial charge in [0.15, 0.2) is 5.76 Å². The molecular formula is C28H26N2O3. The number of fused-ring (bicyclic) bond motifs is 2. The zero-order chi connectivity index (χ0) is 22.6. The van der Waals surface area contributed by atoms with Gasteiger partial charge < -0.3 is 9.36 Å². The summed E-state index contributed by atoms with van der Waals surface area (Å²) in [7, 11) is 0. The number of hydrogen-bond acceptors (Lipinski definition) is 5. The minimum atomic E-state index is -0.319. The second-order valence-electron chi connectivity index (χ2n) is 8.51. The number of hydrogen-bond donors (Lipinski definition) is 0. The van der Waals surface area contributed by atoms with Crippen molar-refractivity contribution in [1.29, 1.82) is 0 Å². The van der Waals surface area contributed by atoms with Crippen LogP contribution in [0.15, 0.2) is 82.5 Å². The molecule has 0 amide bonds. The monoisotopic (exact) mass is 438 g/mol. The summed E-state index contributed by atoms with van der Waals surface area (Å²) >= 11 is 0. The van der Waals surface area contributed by atoms with Crippen LogP contribution in [-0.2, 0) is 22.5 Å². The highest BCUT2D eigenvalue weighted by Gasteiger charge is 2.32. The van der Waals surface area contributed by atoms with Crippen molar-refractivity contribution in [2.45, 2.75) is 44.9 Å². The first kappa shape index (κ1) is 21.1. The number of nitrogens with zero attached hydrogens (tertiary/aromatic N) is 2. The van der Waals surface area contributed by atoms with E-state index in [0.717, 1.165) is 35.6 Å². The lowest BCUT2D eigenvalue weighted by Crippen LogP contribution is -2.21. The lowest BCUT2D eigenvalue weighted by molar-refractivity contribution is -0.143. The van der Waals surface area contributed by atoms with Crippen molar-refractivity contribution >= 4 is 22.5 Å². The largest absolute Gasteiger partial charge is 0.360 e. The van der Waals surface area contributed by atoms with Gasteiger partial charge in [-0.1, -0.05) is 90.0 Å². The first-order valence-corrected chi connectivity index (χ1v) is 11.5. The molecule has 1 unspecified atom stereocenters. The highest BCUT2D eigenvalue weighted by molar-refractivity contribution is 6.04. The van der Waals surface area contributed by atoms with Crippen LogP contribution in [0.2, 0.25) is 0 Å². The molecule has 0 aliphatic heterocycles. The standard InChI is InChI=1S/C28H26N2O3/c1-2-9-27(31)33-30-25-17-22(19-10-4-3-5-11-19)16-24-28(25)26(32-29-24)18-21-14-8-13-20-12-6-7-15-23(20)21/h3-8,10-15,22H,2,9,16-18H2,1H3. The number of benzene rings is 3. The van der Waals surface area contributed by atoms with E-state index in [0.29, 0.717) is 19.3 Å². The first-order valence-electron chi connectivity index (χ1n) is 11.5. The Balaban J connectivity index is 1.52. The van der Waals surface area contributed by atoms with E-state index in [-0.39, 0.29) is 11.9 Å². The maximum absolute atomic E-state index is 12.0. The van der Waals surface area contributed by atoms with E-state index < -0.39 is 0 Å². The Kier molecular flexibility index (Phi) is 6.03. The van der Waals surface area contributed by atoms with Gasteiger partial charge in [0.05, 0.1) is 17.0 Å². The fraction of sp³-hybridized carbons (Fsp3) is 0.250. The number of carbonyl (C=O) groups excluding carboxylic acids is 1. The maximum Gasteiger partial charge on any atom is 0.335 e. The van der Waals surface area contributed by atoms with Crippen LogP contribution in [0.1, 0.15) is 60.2 Å². The molecule has 5 rings (SSSR count). The zero-order valence-corrected chi connectivity index (χ0v) is 18.7. The van der Waals surface area contributed by atoms with Gasteiger partial charge in [-0.3, -0.25) is 0 Å². The highest BCUT2D eigenvalue weighted by Crippen LogP contribution is 2.35. The van der Waals surface area contributed by atoms with Crippen molar-refractivity contribution in [3.8, 4) is 0 Å². The van der Waals surface area contributed by atoms with Gasteiger partial charge in [-0.05, 0) is 34.2 Å². The van der Waals surface area contributed by atoms with E-state index in [1.807, 2.05) is 37.3 Å². The number of aromatic nitrogens is 1. The minimum Gasteiger partial charge on any atom is -0.360 e. The van der Waals surface area contributed by atoms with E-state index in [1.165, 1.54) is 21.9 Å². The Morgan fingerprint density at radius 1 is 1.03 bits per heavy atom. The summed E-state index contributed by atoms with van der Waals surface area (Å²) in [5.41, 5.74) is 4.87. The second-order valence-corrected chi connectivity index (χ2v) is 8.51. The SMILES string of the molecule is CCCC(=O)ON=C1CC(c2ccccc2)Cc2noc(Cc3cccc4ccccc34)c21. The molecule has 166 valence electrons. The zero-order valence-electron chi connectivity index (χ0n) is 18.7. The van der Waals surface area contributed by atoms with Gasteiger partial charge >= 0.3 is 5.97 Å². The average Bonchev–Trinajstić information content (AvgIpc) is 3.26. The van der Waals surface area contributed by atoms with Crippen LogP contribution in [-0.4, -0.2) is 16.8 Å². The maximum atomic E-state index is 12.0. The van der Waals surface area contributed by atoms with Crippen molar-refractivity contribution in [2.24, 2.45) is 5.16 Å². The van der Waals surface area contributed by atoms with Gasteiger partial charge in [-0.2, -0.15) is 0 Å². The van der Waals surface area contributed by atoms with E-state index in [4.69, 9.17) is 9.36 Å². The molecule has 0 saturated heterocycles. The lowest BCUT2D eigenvalue weighted by atomic mass is 9.81. The van der Waals surface area contributed by atoms with Crippen LogP contribution < -0.4 is 0 Å². The van der Waals surface area contributed by atoms with Crippen molar-refractivity contribution in [3.05, 3.63) is 101 Å². The summed E-state index contributed by atoms with van der Waals surface area (Å²) in [6.45, 7) is 1.95. The molecule has 0 bridgehead atoms. The Bertz CT molecular complexity index is 1300. The predicted octanol–water partition coefficient (Wildman–Crippen LogP) is 6.20. The van der Waals surface area contributed by atoms with Crippen LogP contribution >= 0.6 is 0 Å². The molecule has 1 heterocycles. The summed E-state index contributed by atoms with van der Waals surface area (Å²) in [6, 6.07) is 24.9. The lowest BCUT2D eigenvalue weighted by Gasteiger charge is -2.22. The third-order valence-electron chi connectivity index (χ3n) is 6.22. The summed E-state index contributed by atoms with van der Waals surface area (Å²) < 4.78 is 5.87. The molecule has 1 aliphatic rings. The summed E-state index contributed by atoms with van der Waals surface area (Å²) in [6.07, 6.45) is 3.10. The number of carbonyl (C=O) groups is 1. The molecule has 0 saturated carbocycles. The van der Waals surface area contributed by atoms with Crippen molar-refractivity contribution in [1.82, 2.24) is 5.16 Å². The third-order valence-corrected chi connectivity index (χ3v) is 6.22. The number of rotatable bonds is 6. The van der Waals surface area contributed by atoms with Gasteiger partial charge in [0.25, 0.3) is 0 Å². The Morgan fingerprint density at radius 2 is 1.82 bits per heavy atom. The summed E-state index contributed by atoms with van der Waals surface area (Å²) in [5, 5.41) is 11.1. The predicted molar refractivity (Wildman–Crippen MR) is 128 cm³/mol. The Labute approximate surface area is 193 Å².